The number of benzene rings is 2. The van der Waals surface area contributed by atoms with E-state index in [1.54, 1.807) is 25.3 Å². The SMILES string of the molecule is COc1ccc(NC(=O)CSc2nnc(-c3cc(C)cc(C)c3)o2)c(OC)c1. The minimum atomic E-state index is -0.209. The van der Waals surface area contributed by atoms with Crippen LogP contribution in [0.3, 0.4) is 0 Å². The van der Waals surface area contributed by atoms with Gasteiger partial charge in [0.15, 0.2) is 0 Å². The molecular formula is C20H21N3O4S. The van der Waals surface area contributed by atoms with Crippen LogP contribution in [0.4, 0.5) is 5.69 Å². The van der Waals surface area contributed by atoms with Crippen LogP contribution in [0.25, 0.3) is 11.5 Å². The van der Waals surface area contributed by atoms with Gasteiger partial charge in [0.2, 0.25) is 11.8 Å². The number of anilines is 1. The lowest BCUT2D eigenvalue weighted by molar-refractivity contribution is -0.113. The van der Waals surface area contributed by atoms with Crippen LogP contribution in [0.15, 0.2) is 46.0 Å². The third-order valence-electron chi connectivity index (χ3n) is 3.88. The van der Waals surface area contributed by atoms with Crippen molar-refractivity contribution in [3.8, 4) is 23.0 Å². The fraction of sp³-hybridized carbons (Fsp3) is 0.250. The average Bonchev–Trinajstić information content (AvgIpc) is 3.15. The molecule has 0 aliphatic carbocycles. The van der Waals surface area contributed by atoms with E-state index in [0.29, 0.717) is 28.3 Å². The predicted octanol–water partition coefficient (Wildman–Crippen LogP) is 4.10. The van der Waals surface area contributed by atoms with Gasteiger partial charge in [-0.1, -0.05) is 29.0 Å². The summed E-state index contributed by atoms with van der Waals surface area (Å²) in [5, 5.41) is 11.2. The molecule has 0 saturated heterocycles. The molecule has 0 fully saturated rings. The van der Waals surface area contributed by atoms with Crippen molar-refractivity contribution < 1.29 is 18.7 Å². The zero-order valence-electron chi connectivity index (χ0n) is 16.1. The van der Waals surface area contributed by atoms with Crippen molar-refractivity contribution in [1.82, 2.24) is 10.2 Å². The minimum Gasteiger partial charge on any atom is -0.497 e. The van der Waals surface area contributed by atoms with E-state index in [0.717, 1.165) is 16.7 Å². The Bertz CT molecular complexity index is 967. The highest BCUT2D eigenvalue weighted by Crippen LogP contribution is 2.30. The third kappa shape index (κ3) is 4.83. The summed E-state index contributed by atoms with van der Waals surface area (Å²) < 4.78 is 16.1. The Morgan fingerprint density at radius 1 is 1.07 bits per heavy atom. The van der Waals surface area contributed by atoms with Crippen LogP contribution < -0.4 is 14.8 Å². The van der Waals surface area contributed by atoms with E-state index in [9.17, 15) is 4.79 Å². The zero-order chi connectivity index (χ0) is 20.1. The van der Waals surface area contributed by atoms with Gasteiger partial charge in [0, 0.05) is 11.6 Å². The quantitative estimate of drug-likeness (QED) is 0.599. The Labute approximate surface area is 167 Å². The average molecular weight is 399 g/mol. The topological polar surface area (TPSA) is 86.5 Å². The third-order valence-corrected chi connectivity index (χ3v) is 4.70. The summed E-state index contributed by atoms with van der Waals surface area (Å²) in [7, 11) is 3.10. The number of hydrogen-bond donors (Lipinski definition) is 1. The maximum atomic E-state index is 12.3. The zero-order valence-corrected chi connectivity index (χ0v) is 16.9. The summed E-state index contributed by atoms with van der Waals surface area (Å²) >= 11 is 1.17. The molecule has 0 spiro atoms. The van der Waals surface area contributed by atoms with E-state index in [-0.39, 0.29) is 11.7 Å². The smallest absolute Gasteiger partial charge is 0.277 e. The highest BCUT2D eigenvalue weighted by molar-refractivity contribution is 7.99. The molecule has 28 heavy (non-hydrogen) atoms. The van der Waals surface area contributed by atoms with E-state index in [1.807, 2.05) is 26.0 Å². The molecule has 3 aromatic rings. The molecule has 2 aromatic carbocycles. The molecule has 1 aromatic heterocycles. The number of nitrogens with one attached hydrogen (secondary N) is 1. The second-order valence-electron chi connectivity index (χ2n) is 6.15. The fourth-order valence-corrected chi connectivity index (χ4v) is 3.26. The first-order valence-corrected chi connectivity index (χ1v) is 9.54. The molecule has 0 aliphatic rings. The van der Waals surface area contributed by atoms with Gasteiger partial charge in [0.25, 0.3) is 5.22 Å². The van der Waals surface area contributed by atoms with Crippen LogP contribution in [-0.2, 0) is 4.79 Å². The summed E-state index contributed by atoms with van der Waals surface area (Å²) in [6.07, 6.45) is 0. The van der Waals surface area contributed by atoms with Crippen molar-refractivity contribution in [3.05, 3.63) is 47.5 Å². The van der Waals surface area contributed by atoms with Gasteiger partial charge in [-0.3, -0.25) is 4.79 Å². The van der Waals surface area contributed by atoms with Gasteiger partial charge in [-0.15, -0.1) is 10.2 Å². The lowest BCUT2D eigenvalue weighted by atomic mass is 10.1. The van der Waals surface area contributed by atoms with Gasteiger partial charge < -0.3 is 19.2 Å². The second kappa shape index (κ2) is 8.79. The summed E-state index contributed by atoms with van der Waals surface area (Å²) in [6.45, 7) is 4.03. The number of ether oxygens (including phenoxy) is 2. The van der Waals surface area contributed by atoms with Gasteiger partial charge in [0.05, 0.1) is 25.7 Å². The van der Waals surface area contributed by atoms with E-state index in [1.165, 1.54) is 18.9 Å². The van der Waals surface area contributed by atoms with Crippen LogP contribution >= 0.6 is 11.8 Å². The number of aryl methyl sites for hydroxylation is 2. The molecular weight excluding hydrogens is 378 g/mol. The monoisotopic (exact) mass is 399 g/mol. The number of nitrogens with zero attached hydrogens (tertiary/aromatic N) is 2. The molecule has 1 N–H and O–H groups in total. The first kappa shape index (κ1) is 19.8. The normalized spacial score (nSPS) is 10.6. The molecule has 0 bridgehead atoms. The van der Waals surface area contributed by atoms with Crippen LogP contribution in [0, 0.1) is 13.8 Å². The molecule has 0 radical (unpaired) electrons. The van der Waals surface area contributed by atoms with Crippen molar-refractivity contribution in [1.29, 1.82) is 0 Å². The van der Waals surface area contributed by atoms with Crippen LogP contribution in [0.5, 0.6) is 11.5 Å². The molecule has 0 atom stereocenters. The first-order valence-electron chi connectivity index (χ1n) is 8.55. The van der Waals surface area contributed by atoms with Gasteiger partial charge >= 0.3 is 0 Å². The lowest BCUT2D eigenvalue weighted by Crippen LogP contribution is -2.14. The molecule has 1 amide bonds. The number of carbonyl (C=O) groups excluding carboxylic acids is 1. The van der Waals surface area contributed by atoms with E-state index < -0.39 is 0 Å². The van der Waals surface area contributed by atoms with Gasteiger partial charge in [0.1, 0.15) is 11.5 Å². The number of methoxy groups -OCH3 is 2. The lowest BCUT2D eigenvalue weighted by Gasteiger charge is -2.11. The first-order chi connectivity index (χ1) is 13.5. The largest absolute Gasteiger partial charge is 0.497 e. The Kier molecular flexibility index (Phi) is 6.20. The molecule has 1 heterocycles. The number of thioether (sulfide) groups is 1. The van der Waals surface area contributed by atoms with Crippen molar-refractivity contribution >= 4 is 23.4 Å². The molecule has 8 heteroatoms. The maximum Gasteiger partial charge on any atom is 0.277 e. The summed E-state index contributed by atoms with van der Waals surface area (Å²) in [5.41, 5.74) is 3.67. The van der Waals surface area contributed by atoms with E-state index in [2.05, 4.69) is 21.6 Å². The number of carbonyl (C=O) groups is 1. The minimum absolute atomic E-state index is 0.129. The summed E-state index contributed by atoms with van der Waals surface area (Å²) in [6, 6.07) is 11.2. The van der Waals surface area contributed by atoms with E-state index >= 15 is 0 Å². The van der Waals surface area contributed by atoms with Crippen LogP contribution in [-0.4, -0.2) is 36.1 Å². The number of hydrogen-bond acceptors (Lipinski definition) is 7. The van der Waals surface area contributed by atoms with Crippen LogP contribution in [0.1, 0.15) is 11.1 Å². The van der Waals surface area contributed by atoms with Gasteiger partial charge in [-0.2, -0.15) is 0 Å². The van der Waals surface area contributed by atoms with Gasteiger partial charge in [-0.05, 0) is 38.1 Å². The second-order valence-corrected chi connectivity index (χ2v) is 7.08. The molecule has 146 valence electrons. The Hall–Kier alpha value is -3.00. The standard InChI is InChI=1S/C20H21N3O4S/c1-12-7-13(2)9-14(8-12)19-22-23-20(27-19)28-11-18(24)21-16-6-5-15(25-3)10-17(16)26-4/h5-10H,11H2,1-4H3,(H,21,24). The van der Waals surface area contributed by atoms with Gasteiger partial charge in [-0.25, -0.2) is 0 Å². The Morgan fingerprint density at radius 3 is 2.50 bits per heavy atom. The highest BCUT2D eigenvalue weighted by atomic mass is 32.2. The molecule has 7 nitrogen and oxygen atoms in total. The Morgan fingerprint density at radius 2 is 1.82 bits per heavy atom. The highest BCUT2D eigenvalue weighted by Gasteiger charge is 2.13. The van der Waals surface area contributed by atoms with Crippen molar-refractivity contribution in [2.75, 3.05) is 25.3 Å². The molecule has 0 aliphatic heterocycles. The summed E-state index contributed by atoms with van der Waals surface area (Å²) in [5.74, 6) is 1.52. The summed E-state index contributed by atoms with van der Waals surface area (Å²) in [4.78, 5) is 12.3. The molecule has 0 saturated carbocycles. The maximum absolute atomic E-state index is 12.3. The number of rotatable bonds is 7. The number of amides is 1. The Balaban J connectivity index is 1.62. The van der Waals surface area contributed by atoms with E-state index in [4.69, 9.17) is 13.9 Å². The van der Waals surface area contributed by atoms with Crippen molar-refractivity contribution in [2.45, 2.75) is 19.1 Å². The number of aromatic nitrogens is 2. The molecule has 0 unspecified atom stereocenters. The fourth-order valence-electron chi connectivity index (χ4n) is 2.70. The molecule has 3 rings (SSSR count). The van der Waals surface area contributed by atoms with Crippen LogP contribution in [0.2, 0.25) is 0 Å². The predicted molar refractivity (Wildman–Crippen MR) is 108 cm³/mol. The van der Waals surface area contributed by atoms with Crippen molar-refractivity contribution in [3.63, 3.8) is 0 Å². The van der Waals surface area contributed by atoms with Crippen molar-refractivity contribution in [2.24, 2.45) is 0 Å².